The lowest BCUT2D eigenvalue weighted by Crippen LogP contribution is -2.49. The first-order valence-corrected chi connectivity index (χ1v) is 9.73. The molecule has 1 aromatic heterocycles. The molecule has 2 fully saturated rings. The average Bonchev–Trinajstić information content (AvgIpc) is 3.03. The van der Waals surface area contributed by atoms with E-state index in [0.717, 1.165) is 75.8 Å². The van der Waals surface area contributed by atoms with Crippen molar-refractivity contribution in [3.05, 3.63) is 27.7 Å². The van der Waals surface area contributed by atoms with Crippen LogP contribution in [0.4, 0.5) is 0 Å². The molecule has 0 bridgehead atoms. The van der Waals surface area contributed by atoms with Crippen molar-refractivity contribution in [3.63, 3.8) is 0 Å². The number of aryl methyl sites for hydroxylation is 2. The molecule has 2 aliphatic carbocycles. The Hall–Kier alpha value is -1.20. The van der Waals surface area contributed by atoms with E-state index in [0.29, 0.717) is 12.0 Å². The van der Waals surface area contributed by atoms with Crippen LogP contribution < -0.4 is 5.56 Å². The van der Waals surface area contributed by atoms with Crippen molar-refractivity contribution in [1.29, 1.82) is 0 Å². The number of aliphatic hydroxyl groups is 1. The second-order valence-electron chi connectivity index (χ2n) is 7.89. The van der Waals surface area contributed by atoms with E-state index in [1.807, 2.05) is 6.07 Å². The fourth-order valence-electron chi connectivity index (χ4n) is 4.80. The van der Waals surface area contributed by atoms with E-state index >= 15 is 0 Å². The lowest BCUT2D eigenvalue weighted by molar-refractivity contribution is 0.00245. The minimum absolute atomic E-state index is 0.0702. The maximum absolute atomic E-state index is 12.3. The molecule has 1 aromatic rings. The van der Waals surface area contributed by atoms with Gasteiger partial charge in [0.25, 0.3) is 5.56 Å². The molecule has 132 valence electrons. The minimum Gasteiger partial charge on any atom is -0.391 e. The maximum Gasteiger partial charge on any atom is 0.267 e. The SMILES string of the molecule is O=c1cc2c(nn1CC1CCN(C3CCCCC3O)CC1)CCC2. The molecule has 1 saturated heterocycles. The number of nitrogens with zero attached hydrogens (tertiary/aromatic N) is 3. The van der Waals surface area contributed by atoms with Gasteiger partial charge >= 0.3 is 0 Å². The van der Waals surface area contributed by atoms with Crippen LogP contribution in [0.15, 0.2) is 10.9 Å². The molecule has 2 unspecified atom stereocenters. The largest absolute Gasteiger partial charge is 0.391 e. The predicted octanol–water partition coefficient (Wildman–Crippen LogP) is 1.75. The molecule has 5 nitrogen and oxygen atoms in total. The average molecular weight is 331 g/mol. The van der Waals surface area contributed by atoms with Crippen molar-refractivity contribution in [2.24, 2.45) is 5.92 Å². The van der Waals surface area contributed by atoms with Crippen molar-refractivity contribution < 1.29 is 5.11 Å². The van der Waals surface area contributed by atoms with Crippen LogP contribution in [0.3, 0.4) is 0 Å². The Morgan fingerprint density at radius 1 is 1.08 bits per heavy atom. The molecule has 0 spiro atoms. The van der Waals surface area contributed by atoms with Crippen molar-refractivity contribution in [3.8, 4) is 0 Å². The summed E-state index contributed by atoms with van der Waals surface area (Å²) in [5.41, 5.74) is 2.37. The Morgan fingerprint density at radius 3 is 2.67 bits per heavy atom. The van der Waals surface area contributed by atoms with Crippen LogP contribution >= 0.6 is 0 Å². The summed E-state index contributed by atoms with van der Waals surface area (Å²) in [7, 11) is 0. The molecule has 0 aromatic carbocycles. The molecule has 2 atom stereocenters. The van der Waals surface area contributed by atoms with E-state index in [-0.39, 0.29) is 11.7 Å². The number of aromatic nitrogens is 2. The molecule has 2 heterocycles. The summed E-state index contributed by atoms with van der Waals surface area (Å²) >= 11 is 0. The topological polar surface area (TPSA) is 58.4 Å². The summed E-state index contributed by atoms with van der Waals surface area (Å²) < 4.78 is 1.71. The van der Waals surface area contributed by atoms with Gasteiger partial charge in [-0.2, -0.15) is 5.10 Å². The molecule has 0 radical (unpaired) electrons. The fourth-order valence-corrected chi connectivity index (χ4v) is 4.80. The molecular weight excluding hydrogens is 302 g/mol. The second-order valence-corrected chi connectivity index (χ2v) is 7.89. The first kappa shape index (κ1) is 16.3. The minimum atomic E-state index is -0.142. The summed E-state index contributed by atoms with van der Waals surface area (Å²) in [5.74, 6) is 0.534. The van der Waals surface area contributed by atoms with Crippen LogP contribution in [0.25, 0.3) is 0 Å². The zero-order valence-corrected chi connectivity index (χ0v) is 14.5. The van der Waals surface area contributed by atoms with Crippen molar-refractivity contribution in [2.75, 3.05) is 13.1 Å². The fraction of sp³-hybridized carbons (Fsp3) is 0.789. The Morgan fingerprint density at radius 2 is 1.88 bits per heavy atom. The van der Waals surface area contributed by atoms with Gasteiger partial charge in [-0.3, -0.25) is 9.69 Å². The number of piperidine rings is 1. The standard InChI is InChI=1S/C19H29N3O2/c23-18-7-2-1-6-17(18)21-10-8-14(9-11-21)13-22-19(24)12-15-4-3-5-16(15)20-22/h12,14,17-18,23H,1-11,13H2. The number of hydrogen-bond acceptors (Lipinski definition) is 4. The molecule has 24 heavy (non-hydrogen) atoms. The van der Waals surface area contributed by atoms with Crippen LogP contribution in [-0.4, -0.2) is 45.0 Å². The predicted molar refractivity (Wildman–Crippen MR) is 93.1 cm³/mol. The number of rotatable bonds is 3. The van der Waals surface area contributed by atoms with E-state index in [9.17, 15) is 9.90 Å². The van der Waals surface area contributed by atoms with Crippen molar-refractivity contribution in [2.45, 2.75) is 76.5 Å². The summed E-state index contributed by atoms with van der Waals surface area (Å²) in [6.07, 6.45) is 9.75. The van der Waals surface area contributed by atoms with Gasteiger partial charge in [0.15, 0.2) is 0 Å². The number of likely N-dealkylation sites (tertiary alicyclic amines) is 1. The van der Waals surface area contributed by atoms with Crippen LogP contribution in [0.5, 0.6) is 0 Å². The molecule has 1 saturated carbocycles. The molecule has 4 rings (SSSR count). The van der Waals surface area contributed by atoms with Gasteiger partial charge in [0.2, 0.25) is 0 Å². The third-order valence-electron chi connectivity index (χ3n) is 6.27. The monoisotopic (exact) mass is 331 g/mol. The lowest BCUT2D eigenvalue weighted by atomic mass is 9.88. The quantitative estimate of drug-likeness (QED) is 0.917. The van der Waals surface area contributed by atoms with Crippen LogP contribution in [-0.2, 0) is 19.4 Å². The van der Waals surface area contributed by atoms with Gasteiger partial charge < -0.3 is 5.11 Å². The maximum atomic E-state index is 12.3. The Labute approximate surface area is 143 Å². The van der Waals surface area contributed by atoms with Gasteiger partial charge in [-0.25, -0.2) is 4.68 Å². The van der Waals surface area contributed by atoms with Crippen LogP contribution in [0.2, 0.25) is 0 Å². The van der Waals surface area contributed by atoms with E-state index in [2.05, 4.69) is 10.00 Å². The summed E-state index contributed by atoms with van der Waals surface area (Å²) in [4.78, 5) is 14.7. The first-order valence-electron chi connectivity index (χ1n) is 9.73. The van der Waals surface area contributed by atoms with Crippen LogP contribution in [0, 0.1) is 5.92 Å². The molecule has 0 amide bonds. The highest BCUT2D eigenvalue weighted by atomic mass is 16.3. The molecule has 1 aliphatic heterocycles. The zero-order valence-electron chi connectivity index (χ0n) is 14.5. The van der Waals surface area contributed by atoms with Gasteiger partial charge in [0.1, 0.15) is 0 Å². The van der Waals surface area contributed by atoms with Gasteiger partial charge in [-0.15, -0.1) is 0 Å². The highest BCUT2D eigenvalue weighted by molar-refractivity contribution is 5.22. The van der Waals surface area contributed by atoms with E-state index < -0.39 is 0 Å². The number of fused-ring (bicyclic) bond motifs is 1. The Kier molecular flexibility index (Phi) is 4.72. The Bertz CT molecular complexity index is 634. The Balaban J connectivity index is 1.36. The van der Waals surface area contributed by atoms with Gasteiger partial charge in [0, 0.05) is 18.7 Å². The van der Waals surface area contributed by atoms with Crippen molar-refractivity contribution in [1.82, 2.24) is 14.7 Å². The van der Waals surface area contributed by atoms with E-state index in [4.69, 9.17) is 0 Å². The molecule has 5 heteroatoms. The van der Waals surface area contributed by atoms with Gasteiger partial charge in [-0.05, 0) is 69.5 Å². The van der Waals surface area contributed by atoms with Crippen molar-refractivity contribution >= 4 is 0 Å². The van der Waals surface area contributed by atoms with Crippen LogP contribution in [0.1, 0.15) is 56.2 Å². The zero-order chi connectivity index (χ0) is 16.5. The highest BCUT2D eigenvalue weighted by Gasteiger charge is 2.31. The number of aliphatic hydroxyl groups excluding tert-OH is 1. The third-order valence-corrected chi connectivity index (χ3v) is 6.27. The second kappa shape index (κ2) is 6.96. The molecule has 3 aliphatic rings. The molecule has 1 N–H and O–H groups in total. The first-order chi connectivity index (χ1) is 11.7. The normalized spacial score (nSPS) is 28.9. The van der Waals surface area contributed by atoms with E-state index in [1.165, 1.54) is 12.8 Å². The molecular formula is C19H29N3O2. The summed E-state index contributed by atoms with van der Waals surface area (Å²) in [6.45, 7) is 2.85. The smallest absolute Gasteiger partial charge is 0.267 e. The third kappa shape index (κ3) is 3.29. The van der Waals surface area contributed by atoms with Gasteiger partial charge in [-0.1, -0.05) is 12.8 Å². The summed E-state index contributed by atoms with van der Waals surface area (Å²) in [6, 6.07) is 2.17. The highest BCUT2D eigenvalue weighted by Crippen LogP contribution is 2.28. The summed E-state index contributed by atoms with van der Waals surface area (Å²) in [5, 5.41) is 14.9. The number of hydrogen-bond donors (Lipinski definition) is 1. The van der Waals surface area contributed by atoms with E-state index in [1.54, 1.807) is 4.68 Å². The lowest BCUT2D eigenvalue weighted by Gasteiger charge is -2.41. The van der Waals surface area contributed by atoms with Gasteiger partial charge in [0.05, 0.1) is 11.8 Å².